The molecule has 4 aromatic heterocycles. The number of carbonyl (C=O) groups is 1. The van der Waals surface area contributed by atoms with E-state index in [9.17, 15) is 13.2 Å². The SMILES string of the molecule is CC(C)c1ccccc1[C@@H]1CCCN1C1CC2(CCN(c3cc(N4CCOc5nc6[nH]ccc6cc54)c(C(=O)NS(=O)(=O)c4cc(N)c(NCC5(F)CCN(C(C)C)CC5)c5[nH]cnc45)cn3)CC2)C1. The van der Waals surface area contributed by atoms with Gasteiger partial charge in [0.25, 0.3) is 15.9 Å². The number of hydrogen-bond acceptors (Lipinski definition) is 13. The molecule has 70 heavy (non-hydrogen) atoms. The largest absolute Gasteiger partial charge is 0.474 e. The molecule has 0 radical (unpaired) electrons. The van der Waals surface area contributed by atoms with Crippen LogP contribution in [0.25, 0.3) is 22.1 Å². The monoisotopic (exact) mass is 972 g/mol. The van der Waals surface area contributed by atoms with Gasteiger partial charge in [-0.15, -0.1) is 0 Å². The molecule has 6 N–H and O–H groups in total. The molecule has 18 heteroatoms. The van der Waals surface area contributed by atoms with Crippen molar-refractivity contribution >= 4 is 66.6 Å². The number of nitrogen functional groups attached to an aromatic ring is 1. The van der Waals surface area contributed by atoms with Gasteiger partial charge in [-0.05, 0) is 112 Å². The number of carbonyl (C=O) groups excluding carboxylic acids is 1. The summed E-state index contributed by atoms with van der Waals surface area (Å²) in [6.07, 6.45) is 12.3. The first-order valence-electron chi connectivity index (χ1n) is 25.2. The number of alkyl halides is 1. The van der Waals surface area contributed by atoms with Crippen LogP contribution in [-0.4, -0.2) is 119 Å². The van der Waals surface area contributed by atoms with E-state index in [1.807, 2.05) is 29.3 Å². The summed E-state index contributed by atoms with van der Waals surface area (Å²) < 4.78 is 53.2. The molecular formula is C52H65FN12O4S. The lowest BCUT2D eigenvalue weighted by atomic mass is 9.60. The maximum atomic E-state index is 16.0. The third kappa shape index (κ3) is 8.48. The molecule has 1 saturated carbocycles. The quantitative estimate of drug-likeness (QED) is 0.0735. The predicted octanol–water partition coefficient (Wildman–Crippen LogP) is 8.40. The summed E-state index contributed by atoms with van der Waals surface area (Å²) in [4.78, 5) is 43.7. The molecule has 0 bridgehead atoms. The number of halogens is 1. The number of nitrogens with zero attached hydrogens (tertiary/aromatic N) is 7. The summed E-state index contributed by atoms with van der Waals surface area (Å²) in [5.41, 5.74) is 11.0. The summed E-state index contributed by atoms with van der Waals surface area (Å²) in [6, 6.07) is 17.5. The van der Waals surface area contributed by atoms with Gasteiger partial charge in [0, 0.05) is 74.7 Å². The first-order chi connectivity index (χ1) is 33.7. The van der Waals surface area contributed by atoms with Gasteiger partial charge in [-0.25, -0.2) is 27.5 Å². The van der Waals surface area contributed by atoms with Crippen molar-refractivity contribution in [1.82, 2.24) is 39.4 Å². The second kappa shape index (κ2) is 18.0. The van der Waals surface area contributed by atoms with Crippen LogP contribution in [0.1, 0.15) is 113 Å². The summed E-state index contributed by atoms with van der Waals surface area (Å²) >= 11 is 0. The van der Waals surface area contributed by atoms with Crippen molar-refractivity contribution in [3.63, 3.8) is 0 Å². The zero-order valence-corrected chi connectivity index (χ0v) is 41.4. The number of imidazole rings is 1. The molecule has 5 aliphatic rings. The number of benzene rings is 2. The smallest absolute Gasteiger partial charge is 0.268 e. The van der Waals surface area contributed by atoms with Crippen molar-refractivity contribution in [3.05, 3.63) is 83.9 Å². The van der Waals surface area contributed by atoms with Crippen LogP contribution in [0.5, 0.6) is 5.88 Å². The highest BCUT2D eigenvalue weighted by Crippen LogP contribution is 2.54. The number of aromatic nitrogens is 5. The predicted molar refractivity (Wildman–Crippen MR) is 272 cm³/mol. The number of pyridine rings is 2. The fourth-order valence-electron chi connectivity index (χ4n) is 12.1. The van der Waals surface area contributed by atoms with E-state index in [-0.39, 0.29) is 40.2 Å². The standard InChI is InChI=1S/C52H65FN12O4S/c1-32(2)36-8-5-6-9-37(36)40-10-7-17-64(40)35-27-51(28-35)12-18-63(19-13-51)44-26-41(65-22-23-69-50-42(65)24-34-11-16-55-48(34)60-50)38(29-56-44)49(66)61-70(67,68)43-25-39(54)45(47-46(43)58-31-59-47)57-30-52(53)14-20-62(21-15-52)33(3)4/h5-6,8-9,11,16,24-26,29,31-33,35,40,57H,7,10,12-15,17-23,27-28,30,54H2,1-4H3,(H,55,60)(H,58,59)(H,61,66)/t40-/m0/s1. The van der Waals surface area contributed by atoms with E-state index in [4.69, 9.17) is 20.4 Å². The minimum absolute atomic E-state index is 0.00591. The van der Waals surface area contributed by atoms with Crippen LogP contribution in [0.15, 0.2) is 72.1 Å². The first-order valence-corrected chi connectivity index (χ1v) is 26.6. The van der Waals surface area contributed by atoms with Crippen LogP contribution in [-0.2, 0) is 10.0 Å². The van der Waals surface area contributed by atoms with Crippen LogP contribution in [0.3, 0.4) is 0 Å². The van der Waals surface area contributed by atoms with E-state index in [2.05, 4.69) is 91.7 Å². The summed E-state index contributed by atoms with van der Waals surface area (Å²) in [5, 5.41) is 4.02. The number of amides is 1. The van der Waals surface area contributed by atoms with E-state index < -0.39 is 21.6 Å². The Bertz CT molecular complexity index is 3040. The molecule has 1 amide bonds. The van der Waals surface area contributed by atoms with Gasteiger partial charge in [0.1, 0.15) is 39.8 Å². The lowest BCUT2D eigenvalue weighted by Crippen LogP contribution is -2.55. The number of hydrogen-bond donors (Lipinski definition) is 5. The van der Waals surface area contributed by atoms with Gasteiger partial charge in [-0.1, -0.05) is 38.1 Å². The van der Waals surface area contributed by atoms with Crippen LogP contribution < -0.4 is 30.3 Å². The van der Waals surface area contributed by atoms with Gasteiger partial charge < -0.3 is 40.5 Å². The Labute approximate surface area is 409 Å². The number of rotatable bonds is 12. The molecule has 8 heterocycles. The molecule has 3 saturated heterocycles. The molecule has 1 aliphatic carbocycles. The van der Waals surface area contributed by atoms with Gasteiger partial charge in [-0.3, -0.25) is 9.69 Å². The Kier molecular flexibility index (Phi) is 11.9. The number of ether oxygens (including phenoxy) is 1. The zero-order valence-electron chi connectivity index (χ0n) is 40.6. The number of aromatic amines is 2. The number of fused-ring (bicyclic) bond motifs is 3. The van der Waals surface area contributed by atoms with Gasteiger partial charge >= 0.3 is 0 Å². The van der Waals surface area contributed by atoms with Crippen molar-refractivity contribution in [1.29, 1.82) is 0 Å². The zero-order chi connectivity index (χ0) is 48.5. The Hall–Kier alpha value is -5.98. The molecule has 4 fully saturated rings. The third-order valence-corrected chi connectivity index (χ3v) is 17.5. The second-order valence-electron chi connectivity index (χ2n) is 21.1. The van der Waals surface area contributed by atoms with Crippen molar-refractivity contribution < 1.29 is 22.3 Å². The lowest BCUT2D eigenvalue weighted by Gasteiger charge is -2.56. The normalized spacial score (nSPS) is 20.9. The van der Waals surface area contributed by atoms with Crippen molar-refractivity contribution in [2.24, 2.45) is 5.41 Å². The van der Waals surface area contributed by atoms with Crippen LogP contribution >= 0.6 is 0 Å². The van der Waals surface area contributed by atoms with E-state index in [1.54, 1.807) is 0 Å². The number of anilines is 5. The maximum absolute atomic E-state index is 16.0. The number of sulfonamides is 1. The molecule has 4 aliphatic heterocycles. The highest BCUT2D eigenvalue weighted by Gasteiger charge is 2.50. The highest BCUT2D eigenvalue weighted by molar-refractivity contribution is 7.90. The van der Waals surface area contributed by atoms with Crippen molar-refractivity contribution in [3.8, 4) is 5.88 Å². The number of H-pyrrole nitrogens is 2. The van der Waals surface area contributed by atoms with Gasteiger partial charge in [-0.2, -0.15) is 4.98 Å². The molecule has 6 aromatic rings. The molecule has 16 nitrogen and oxygen atoms in total. The fourth-order valence-corrected chi connectivity index (χ4v) is 13.3. The number of nitrogens with one attached hydrogen (secondary N) is 4. The first kappa shape index (κ1) is 46.4. The van der Waals surface area contributed by atoms with Crippen molar-refractivity contribution in [2.75, 3.05) is 73.3 Å². The van der Waals surface area contributed by atoms with Crippen LogP contribution in [0.4, 0.5) is 33.0 Å². The van der Waals surface area contributed by atoms with Crippen LogP contribution in [0.2, 0.25) is 0 Å². The second-order valence-corrected chi connectivity index (χ2v) is 22.7. The van der Waals surface area contributed by atoms with Gasteiger partial charge in [0.15, 0.2) is 0 Å². The Balaban J connectivity index is 0.837. The summed E-state index contributed by atoms with van der Waals surface area (Å²) in [6.45, 7) is 13.5. The Morgan fingerprint density at radius 1 is 0.957 bits per heavy atom. The van der Waals surface area contributed by atoms with E-state index in [0.29, 0.717) is 96.4 Å². The van der Waals surface area contributed by atoms with Crippen molar-refractivity contribution in [2.45, 2.75) is 114 Å². The Morgan fingerprint density at radius 3 is 2.51 bits per heavy atom. The third-order valence-electron chi connectivity index (χ3n) is 16.2. The highest BCUT2D eigenvalue weighted by atomic mass is 32.2. The molecular weight excluding hydrogens is 908 g/mol. The molecule has 0 unspecified atom stereocenters. The average molecular weight is 973 g/mol. The molecule has 1 atom stereocenters. The fraction of sp³-hybridized carbons (Fsp3) is 0.500. The Morgan fingerprint density at radius 2 is 1.74 bits per heavy atom. The number of piperidine rings is 2. The van der Waals surface area contributed by atoms with E-state index in [1.165, 1.54) is 55.4 Å². The van der Waals surface area contributed by atoms with E-state index >= 15 is 4.39 Å². The average Bonchev–Trinajstić information content (AvgIpc) is 4.14. The minimum Gasteiger partial charge on any atom is -0.474 e. The summed E-state index contributed by atoms with van der Waals surface area (Å²) in [5.74, 6) is 0.732. The maximum Gasteiger partial charge on any atom is 0.268 e. The molecule has 11 rings (SSSR count). The summed E-state index contributed by atoms with van der Waals surface area (Å²) in [7, 11) is -4.58. The van der Waals surface area contributed by atoms with Crippen LogP contribution in [0, 0.1) is 5.41 Å². The number of likely N-dealkylation sites (tertiary alicyclic amines) is 2. The molecule has 2 aromatic carbocycles. The minimum atomic E-state index is -4.58. The van der Waals surface area contributed by atoms with Gasteiger partial charge in [0.2, 0.25) is 5.88 Å². The topological polar surface area (TPSA) is 194 Å². The number of nitrogens with two attached hydrogens (primary N) is 1. The molecule has 1 spiro atoms. The van der Waals surface area contributed by atoms with E-state index in [0.717, 1.165) is 37.9 Å². The lowest BCUT2D eigenvalue weighted by molar-refractivity contribution is -0.0228. The van der Waals surface area contributed by atoms with Gasteiger partial charge in [0.05, 0.1) is 41.0 Å². The molecule has 370 valence electrons.